The number of anilines is 1. The maximum atomic E-state index is 12.8. The number of fused-ring (bicyclic) bond motifs is 2. The summed E-state index contributed by atoms with van der Waals surface area (Å²) in [6, 6.07) is 5.65. The molecule has 0 fully saturated rings. The zero-order chi connectivity index (χ0) is 22.0. The second-order valence-corrected chi connectivity index (χ2v) is 8.90. The van der Waals surface area contributed by atoms with Crippen molar-refractivity contribution in [3.05, 3.63) is 35.2 Å². The van der Waals surface area contributed by atoms with E-state index in [0.29, 0.717) is 28.4 Å². The minimum Gasteiger partial charge on any atom is -0.494 e. The number of carbonyl (C=O) groups is 1. The van der Waals surface area contributed by atoms with Gasteiger partial charge >= 0.3 is 5.97 Å². The fraction of sp³-hybridized carbons (Fsp3) is 0.381. The number of thioether (sulfide) groups is 1. The highest BCUT2D eigenvalue weighted by Crippen LogP contribution is 2.39. The molecule has 164 valence electrons. The summed E-state index contributed by atoms with van der Waals surface area (Å²) in [6.45, 7) is 2.05. The number of hydrogen-bond donors (Lipinski definition) is 1. The topological polar surface area (TPSA) is 81.5 Å². The summed E-state index contributed by atoms with van der Waals surface area (Å²) in [5.41, 5.74) is 2.60. The third-order valence-electron chi connectivity index (χ3n) is 4.89. The van der Waals surface area contributed by atoms with E-state index < -0.39 is 5.97 Å². The standard InChI is InChI=1S/C21H24ClN5O3S/c1-26(2)6-4-7-30-21(28)20-13-12-24-19(22)11-15(13)27(25-20)16-10-18-14(9-17(16)29-3)23-5-8-31-18/h9-12,23H,4-8H2,1-3H3. The molecule has 0 bridgehead atoms. The Balaban J connectivity index is 1.75. The van der Waals surface area contributed by atoms with Gasteiger partial charge in [-0.05, 0) is 26.6 Å². The molecule has 0 saturated carbocycles. The van der Waals surface area contributed by atoms with Gasteiger partial charge < -0.3 is 19.7 Å². The van der Waals surface area contributed by atoms with Crippen molar-refractivity contribution in [1.29, 1.82) is 0 Å². The van der Waals surface area contributed by atoms with Crippen molar-refractivity contribution in [1.82, 2.24) is 19.7 Å². The number of methoxy groups -OCH3 is 1. The van der Waals surface area contributed by atoms with Crippen LogP contribution in [0.5, 0.6) is 5.75 Å². The number of esters is 1. The Morgan fingerprint density at radius 3 is 2.97 bits per heavy atom. The molecule has 0 amide bonds. The lowest BCUT2D eigenvalue weighted by Gasteiger charge is -2.20. The maximum absolute atomic E-state index is 12.8. The molecule has 1 aliphatic rings. The minimum atomic E-state index is -0.486. The van der Waals surface area contributed by atoms with Crippen molar-refractivity contribution >= 4 is 45.9 Å². The van der Waals surface area contributed by atoms with Crippen molar-refractivity contribution in [2.24, 2.45) is 0 Å². The smallest absolute Gasteiger partial charge is 0.359 e. The number of ether oxygens (including phenoxy) is 2. The van der Waals surface area contributed by atoms with E-state index in [1.165, 1.54) is 0 Å². The molecule has 0 saturated heterocycles. The van der Waals surface area contributed by atoms with E-state index in [2.05, 4.69) is 15.4 Å². The van der Waals surface area contributed by atoms with E-state index in [4.69, 9.17) is 21.1 Å². The van der Waals surface area contributed by atoms with Gasteiger partial charge in [0.25, 0.3) is 0 Å². The summed E-state index contributed by atoms with van der Waals surface area (Å²) in [5.74, 6) is 1.12. The zero-order valence-corrected chi connectivity index (χ0v) is 19.2. The maximum Gasteiger partial charge on any atom is 0.359 e. The van der Waals surface area contributed by atoms with E-state index in [1.54, 1.807) is 35.8 Å². The highest BCUT2D eigenvalue weighted by atomic mass is 35.5. The molecule has 2 aromatic heterocycles. The third kappa shape index (κ3) is 4.58. The first-order valence-corrected chi connectivity index (χ1v) is 11.3. The molecule has 0 aliphatic carbocycles. The normalized spacial score (nSPS) is 13.2. The monoisotopic (exact) mass is 461 g/mol. The Labute approximate surface area is 189 Å². The van der Waals surface area contributed by atoms with E-state index in [9.17, 15) is 4.79 Å². The molecule has 0 atom stereocenters. The molecular weight excluding hydrogens is 438 g/mol. The van der Waals surface area contributed by atoms with Crippen LogP contribution in [0.1, 0.15) is 16.9 Å². The number of aromatic nitrogens is 3. The SMILES string of the molecule is COc1cc2c(cc1-n1nc(C(=O)OCCCN(C)C)c3cnc(Cl)cc31)SCCN2. The van der Waals surface area contributed by atoms with Gasteiger partial charge in [-0.25, -0.2) is 14.5 Å². The van der Waals surface area contributed by atoms with Gasteiger partial charge in [-0.2, -0.15) is 5.10 Å². The van der Waals surface area contributed by atoms with Crippen LogP contribution in [-0.2, 0) is 4.74 Å². The summed E-state index contributed by atoms with van der Waals surface area (Å²) in [6.07, 6.45) is 2.29. The average Bonchev–Trinajstić information content (AvgIpc) is 3.14. The van der Waals surface area contributed by atoms with Crippen molar-refractivity contribution in [2.45, 2.75) is 11.3 Å². The van der Waals surface area contributed by atoms with Crippen LogP contribution >= 0.6 is 23.4 Å². The Morgan fingerprint density at radius 1 is 1.35 bits per heavy atom. The fourth-order valence-corrected chi connectivity index (χ4v) is 4.47. The van der Waals surface area contributed by atoms with Gasteiger partial charge in [0.2, 0.25) is 0 Å². The molecule has 1 aromatic carbocycles. The lowest BCUT2D eigenvalue weighted by atomic mass is 10.2. The molecule has 10 heteroatoms. The average molecular weight is 462 g/mol. The first-order chi connectivity index (χ1) is 15.0. The first kappa shape index (κ1) is 21.7. The van der Waals surface area contributed by atoms with Gasteiger partial charge in [-0.3, -0.25) is 0 Å². The van der Waals surface area contributed by atoms with Crippen LogP contribution in [-0.4, -0.2) is 72.3 Å². The molecule has 1 aliphatic heterocycles. The first-order valence-electron chi connectivity index (χ1n) is 9.93. The van der Waals surface area contributed by atoms with Crippen LogP contribution in [0.15, 0.2) is 29.3 Å². The molecule has 3 aromatic rings. The number of rotatable bonds is 7. The molecule has 0 unspecified atom stereocenters. The minimum absolute atomic E-state index is 0.203. The third-order valence-corrected chi connectivity index (χ3v) is 6.16. The Bertz CT molecular complexity index is 1120. The van der Waals surface area contributed by atoms with Gasteiger partial charge in [-0.15, -0.1) is 11.8 Å². The van der Waals surface area contributed by atoms with Gasteiger partial charge in [-0.1, -0.05) is 11.6 Å². The zero-order valence-electron chi connectivity index (χ0n) is 17.6. The van der Waals surface area contributed by atoms with Crippen LogP contribution < -0.4 is 10.1 Å². The Morgan fingerprint density at radius 2 is 2.19 bits per heavy atom. The largest absolute Gasteiger partial charge is 0.494 e. The quantitative estimate of drug-likeness (QED) is 0.324. The Hall–Kier alpha value is -2.49. The predicted molar refractivity (Wildman–Crippen MR) is 123 cm³/mol. The highest BCUT2D eigenvalue weighted by Gasteiger charge is 2.23. The lowest BCUT2D eigenvalue weighted by molar-refractivity contribution is 0.0488. The van der Waals surface area contributed by atoms with Crippen molar-refractivity contribution < 1.29 is 14.3 Å². The predicted octanol–water partition coefficient (Wildman–Crippen LogP) is 3.71. The number of nitrogens with zero attached hydrogens (tertiary/aromatic N) is 4. The number of halogens is 1. The summed E-state index contributed by atoms with van der Waals surface area (Å²) in [4.78, 5) is 20.1. The van der Waals surface area contributed by atoms with Crippen molar-refractivity contribution in [3.63, 3.8) is 0 Å². The summed E-state index contributed by atoms with van der Waals surface area (Å²) in [5, 5.41) is 8.87. The number of benzene rings is 1. The van der Waals surface area contributed by atoms with Crippen LogP contribution in [0.25, 0.3) is 16.6 Å². The molecule has 0 radical (unpaired) electrons. The Kier molecular flexibility index (Phi) is 6.54. The summed E-state index contributed by atoms with van der Waals surface area (Å²) in [7, 11) is 5.57. The van der Waals surface area contributed by atoms with Gasteiger partial charge in [0.05, 0.1) is 30.3 Å². The molecule has 1 N–H and O–H groups in total. The van der Waals surface area contributed by atoms with E-state index in [1.807, 2.05) is 31.1 Å². The summed E-state index contributed by atoms with van der Waals surface area (Å²) >= 11 is 7.93. The van der Waals surface area contributed by atoms with Crippen LogP contribution in [0.2, 0.25) is 5.15 Å². The highest BCUT2D eigenvalue weighted by molar-refractivity contribution is 7.99. The van der Waals surface area contributed by atoms with E-state index in [-0.39, 0.29) is 5.69 Å². The van der Waals surface area contributed by atoms with Crippen molar-refractivity contribution in [2.75, 3.05) is 52.0 Å². The molecule has 31 heavy (non-hydrogen) atoms. The number of hydrogen-bond acceptors (Lipinski definition) is 8. The van der Waals surface area contributed by atoms with Crippen LogP contribution in [0.4, 0.5) is 5.69 Å². The fourth-order valence-electron chi connectivity index (χ4n) is 3.42. The van der Waals surface area contributed by atoms with Crippen molar-refractivity contribution in [3.8, 4) is 11.4 Å². The molecule has 3 heterocycles. The number of carbonyl (C=O) groups excluding carboxylic acids is 1. The van der Waals surface area contributed by atoms with E-state index >= 15 is 0 Å². The van der Waals surface area contributed by atoms with Crippen LogP contribution in [0, 0.1) is 0 Å². The summed E-state index contributed by atoms with van der Waals surface area (Å²) < 4.78 is 12.8. The second-order valence-electron chi connectivity index (χ2n) is 7.37. The van der Waals surface area contributed by atoms with Gasteiger partial charge in [0.1, 0.15) is 16.6 Å². The van der Waals surface area contributed by atoms with Crippen LogP contribution in [0.3, 0.4) is 0 Å². The second kappa shape index (κ2) is 9.33. The van der Waals surface area contributed by atoms with E-state index in [0.717, 1.165) is 41.5 Å². The molecule has 8 nitrogen and oxygen atoms in total. The lowest BCUT2D eigenvalue weighted by Crippen LogP contribution is -2.16. The number of pyridine rings is 1. The number of nitrogens with one attached hydrogen (secondary N) is 1. The van der Waals surface area contributed by atoms with Gasteiger partial charge in [0, 0.05) is 42.1 Å². The molecule has 4 rings (SSSR count). The molecule has 0 spiro atoms. The van der Waals surface area contributed by atoms with Gasteiger partial charge in [0.15, 0.2) is 5.69 Å². The molecular formula is C21H24ClN5O3S.